The highest BCUT2D eigenvalue weighted by atomic mass is 16.4. The maximum Gasteiger partial charge on any atom is 0.336 e. The Bertz CT molecular complexity index is 442. The van der Waals surface area contributed by atoms with Gasteiger partial charge in [-0.2, -0.15) is 0 Å². The lowest BCUT2D eigenvalue weighted by atomic mass is 10.1. The van der Waals surface area contributed by atoms with Crippen LogP contribution in [0.4, 0.5) is 0 Å². The van der Waals surface area contributed by atoms with Gasteiger partial charge in [0.2, 0.25) is 5.91 Å². The lowest BCUT2D eigenvalue weighted by Crippen LogP contribution is -2.22. The topological polar surface area (TPSA) is 70.5 Å². The molecule has 1 aliphatic heterocycles. The molecule has 5 heteroatoms. The van der Waals surface area contributed by atoms with Crippen LogP contribution in [0, 0.1) is 0 Å². The fourth-order valence-electron chi connectivity index (χ4n) is 1.70. The SMILES string of the molecule is CC(=O)N1Cc2nccc(C(=O)O)c2C1. The number of carboxylic acids is 1. The second-order valence-corrected chi connectivity index (χ2v) is 3.46. The Labute approximate surface area is 86.3 Å². The Morgan fingerprint density at radius 3 is 2.80 bits per heavy atom. The van der Waals surface area contributed by atoms with E-state index in [-0.39, 0.29) is 11.5 Å². The molecule has 1 aromatic heterocycles. The molecule has 0 unspecified atom stereocenters. The molecule has 1 aromatic rings. The predicted molar refractivity (Wildman–Crippen MR) is 51.1 cm³/mol. The molecule has 0 radical (unpaired) electrons. The minimum absolute atomic E-state index is 0.0654. The summed E-state index contributed by atoms with van der Waals surface area (Å²) < 4.78 is 0. The van der Waals surface area contributed by atoms with Crippen molar-refractivity contribution in [3.63, 3.8) is 0 Å². The Hall–Kier alpha value is -1.91. The van der Waals surface area contributed by atoms with Gasteiger partial charge >= 0.3 is 5.97 Å². The molecule has 78 valence electrons. The van der Waals surface area contributed by atoms with Crippen LogP contribution in [0.15, 0.2) is 12.3 Å². The minimum Gasteiger partial charge on any atom is -0.478 e. The van der Waals surface area contributed by atoms with Crippen LogP contribution in [-0.4, -0.2) is 26.9 Å². The zero-order chi connectivity index (χ0) is 11.0. The van der Waals surface area contributed by atoms with Crippen LogP contribution < -0.4 is 0 Å². The summed E-state index contributed by atoms with van der Waals surface area (Å²) in [7, 11) is 0. The summed E-state index contributed by atoms with van der Waals surface area (Å²) in [6.45, 7) is 2.22. The van der Waals surface area contributed by atoms with Gasteiger partial charge in [0, 0.05) is 25.2 Å². The fourth-order valence-corrected chi connectivity index (χ4v) is 1.70. The van der Waals surface area contributed by atoms with Gasteiger partial charge in [0.05, 0.1) is 17.8 Å². The molecule has 0 aliphatic carbocycles. The number of pyridine rings is 1. The Morgan fingerprint density at radius 1 is 1.47 bits per heavy atom. The molecule has 2 heterocycles. The van der Waals surface area contributed by atoms with Crippen molar-refractivity contribution in [2.45, 2.75) is 20.0 Å². The van der Waals surface area contributed by atoms with E-state index in [1.807, 2.05) is 0 Å². The van der Waals surface area contributed by atoms with Gasteiger partial charge in [-0.1, -0.05) is 0 Å². The summed E-state index contributed by atoms with van der Waals surface area (Å²) in [5.74, 6) is -1.04. The maximum absolute atomic E-state index is 11.1. The second kappa shape index (κ2) is 3.34. The maximum atomic E-state index is 11.1. The van der Waals surface area contributed by atoms with Crippen LogP contribution >= 0.6 is 0 Å². The molecule has 0 aromatic carbocycles. The first-order valence-electron chi connectivity index (χ1n) is 4.55. The van der Waals surface area contributed by atoms with Gasteiger partial charge in [-0.3, -0.25) is 9.78 Å². The number of hydrogen-bond acceptors (Lipinski definition) is 3. The van der Waals surface area contributed by atoms with E-state index in [0.717, 1.165) is 0 Å². The molecule has 0 spiro atoms. The zero-order valence-corrected chi connectivity index (χ0v) is 8.23. The molecular weight excluding hydrogens is 196 g/mol. The summed E-state index contributed by atoms with van der Waals surface area (Å²) in [4.78, 5) is 27.7. The number of carboxylic acid groups (broad SMARTS) is 1. The Kier molecular flexibility index (Phi) is 2.15. The summed E-state index contributed by atoms with van der Waals surface area (Å²) in [6, 6.07) is 1.46. The average molecular weight is 206 g/mol. The van der Waals surface area contributed by atoms with Crippen molar-refractivity contribution in [2.75, 3.05) is 0 Å². The van der Waals surface area contributed by atoms with Crippen molar-refractivity contribution in [1.29, 1.82) is 0 Å². The number of nitrogens with zero attached hydrogens (tertiary/aromatic N) is 2. The third kappa shape index (κ3) is 1.56. The van der Waals surface area contributed by atoms with Crippen LogP contribution in [0.25, 0.3) is 0 Å². The number of aromatic carboxylic acids is 1. The summed E-state index contributed by atoms with van der Waals surface area (Å²) in [5, 5.41) is 8.94. The van der Waals surface area contributed by atoms with Crippen molar-refractivity contribution in [3.05, 3.63) is 29.1 Å². The zero-order valence-electron chi connectivity index (χ0n) is 8.23. The molecule has 5 nitrogen and oxygen atoms in total. The van der Waals surface area contributed by atoms with Crippen molar-refractivity contribution in [3.8, 4) is 0 Å². The summed E-state index contributed by atoms with van der Waals surface area (Å²) >= 11 is 0. The van der Waals surface area contributed by atoms with Crippen LogP contribution in [0.1, 0.15) is 28.5 Å². The smallest absolute Gasteiger partial charge is 0.336 e. The molecule has 1 amide bonds. The van der Waals surface area contributed by atoms with Gasteiger partial charge < -0.3 is 10.0 Å². The molecule has 0 saturated carbocycles. The third-order valence-corrected chi connectivity index (χ3v) is 2.51. The van der Waals surface area contributed by atoms with E-state index < -0.39 is 5.97 Å². The number of rotatable bonds is 1. The van der Waals surface area contributed by atoms with Gasteiger partial charge in [-0.25, -0.2) is 4.79 Å². The largest absolute Gasteiger partial charge is 0.478 e. The standard InChI is InChI=1S/C10H10N2O3/c1-6(13)12-4-8-7(10(14)15)2-3-11-9(8)5-12/h2-3H,4-5H2,1H3,(H,14,15). The number of hydrogen-bond donors (Lipinski definition) is 1. The third-order valence-electron chi connectivity index (χ3n) is 2.51. The van der Waals surface area contributed by atoms with Gasteiger partial charge in [-0.15, -0.1) is 0 Å². The first-order chi connectivity index (χ1) is 7.09. The molecular formula is C10H10N2O3. The molecule has 0 bridgehead atoms. The van der Waals surface area contributed by atoms with Gasteiger partial charge in [0.25, 0.3) is 0 Å². The van der Waals surface area contributed by atoms with Gasteiger partial charge in [0.15, 0.2) is 0 Å². The van der Waals surface area contributed by atoms with E-state index >= 15 is 0 Å². The molecule has 1 aliphatic rings. The Balaban J connectivity index is 2.41. The van der Waals surface area contributed by atoms with E-state index in [4.69, 9.17) is 5.11 Å². The molecule has 15 heavy (non-hydrogen) atoms. The van der Waals surface area contributed by atoms with Crippen molar-refractivity contribution in [1.82, 2.24) is 9.88 Å². The van der Waals surface area contributed by atoms with E-state index in [9.17, 15) is 9.59 Å². The van der Waals surface area contributed by atoms with E-state index in [1.54, 1.807) is 4.90 Å². The molecule has 0 saturated heterocycles. The monoisotopic (exact) mass is 206 g/mol. The first kappa shape index (κ1) is 9.64. The molecule has 0 fully saturated rings. The number of carbonyl (C=O) groups is 2. The van der Waals surface area contributed by atoms with E-state index in [0.29, 0.717) is 24.3 Å². The van der Waals surface area contributed by atoms with E-state index in [2.05, 4.69) is 4.98 Å². The van der Waals surface area contributed by atoms with E-state index in [1.165, 1.54) is 19.2 Å². The van der Waals surface area contributed by atoms with Gasteiger partial charge in [0.1, 0.15) is 0 Å². The van der Waals surface area contributed by atoms with Crippen LogP contribution in [0.5, 0.6) is 0 Å². The highest BCUT2D eigenvalue weighted by molar-refractivity contribution is 5.90. The minimum atomic E-state index is -0.973. The summed E-state index contributed by atoms with van der Waals surface area (Å²) in [6.07, 6.45) is 1.46. The lowest BCUT2D eigenvalue weighted by Gasteiger charge is -2.10. The molecule has 0 atom stereocenters. The first-order valence-corrected chi connectivity index (χ1v) is 4.55. The predicted octanol–water partition coefficient (Wildman–Crippen LogP) is 0.642. The van der Waals surface area contributed by atoms with Crippen LogP contribution in [0.2, 0.25) is 0 Å². The summed E-state index contributed by atoms with van der Waals surface area (Å²) in [5.41, 5.74) is 1.58. The fraction of sp³-hybridized carbons (Fsp3) is 0.300. The molecule has 2 rings (SSSR count). The van der Waals surface area contributed by atoms with Crippen molar-refractivity contribution in [2.24, 2.45) is 0 Å². The van der Waals surface area contributed by atoms with Gasteiger partial charge in [-0.05, 0) is 6.07 Å². The lowest BCUT2D eigenvalue weighted by molar-refractivity contribution is -0.129. The molecule has 1 N–H and O–H groups in total. The number of fused-ring (bicyclic) bond motifs is 1. The van der Waals surface area contributed by atoms with Crippen molar-refractivity contribution < 1.29 is 14.7 Å². The van der Waals surface area contributed by atoms with Crippen LogP contribution in [0.3, 0.4) is 0 Å². The van der Waals surface area contributed by atoms with Crippen molar-refractivity contribution >= 4 is 11.9 Å². The Morgan fingerprint density at radius 2 is 2.20 bits per heavy atom. The highest BCUT2D eigenvalue weighted by Crippen LogP contribution is 2.23. The second-order valence-electron chi connectivity index (χ2n) is 3.46. The quantitative estimate of drug-likeness (QED) is 0.732. The average Bonchev–Trinajstić information content (AvgIpc) is 2.60. The number of amides is 1. The normalized spacial score (nSPS) is 13.8. The van der Waals surface area contributed by atoms with Crippen LogP contribution in [-0.2, 0) is 17.9 Å². The highest BCUT2D eigenvalue weighted by Gasteiger charge is 2.26. The number of carbonyl (C=O) groups excluding carboxylic acids is 1. The number of aromatic nitrogens is 1.